The third kappa shape index (κ3) is 11.8. The number of rotatable bonds is 18. The van der Waals surface area contributed by atoms with Gasteiger partial charge in [0, 0.05) is 17.7 Å². The molecule has 20 heteroatoms. The Labute approximate surface area is 352 Å². The Morgan fingerprint density at radius 3 is 1.79 bits per heavy atom. The lowest BCUT2D eigenvalue weighted by Crippen LogP contribution is -2.08. The van der Waals surface area contributed by atoms with Gasteiger partial charge >= 0.3 is 0 Å². The molecule has 0 fully saturated rings. The minimum Gasteiger partial charge on any atom is -0.493 e. The molecule has 0 saturated carbocycles. The van der Waals surface area contributed by atoms with Gasteiger partial charge in [0.05, 0.1) is 53.2 Å². The van der Waals surface area contributed by atoms with Gasteiger partial charge in [0.2, 0.25) is 5.88 Å². The quantitative estimate of drug-likeness (QED) is 0.0423. The second-order valence-corrected chi connectivity index (χ2v) is 16.8. The first-order valence-corrected chi connectivity index (χ1v) is 21.8. The predicted molar refractivity (Wildman–Crippen MR) is 230 cm³/mol. The topological polar surface area (TPSA) is 263 Å². The number of benzene rings is 3. The van der Waals surface area contributed by atoms with Crippen LogP contribution in [0.4, 0.5) is 34.1 Å². The molecule has 0 aliphatic carbocycles. The van der Waals surface area contributed by atoms with Crippen LogP contribution in [0.2, 0.25) is 0 Å². The highest BCUT2D eigenvalue weighted by molar-refractivity contribution is 7.86. The Bertz CT molecular complexity index is 2860. The zero-order chi connectivity index (χ0) is 44.5. The molecule has 2 aromatic heterocycles. The molecule has 0 bridgehead atoms. The van der Waals surface area contributed by atoms with Gasteiger partial charge < -0.3 is 14.6 Å². The van der Waals surface area contributed by atoms with Crippen LogP contribution in [-0.4, -0.2) is 65.2 Å². The number of aryl methyl sites for hydroxylation is 3. The number of fused-ring (bicyclic) bond motifs is 1. The monoisotopic (exact) mass is 869 g/mol. The van der Waals surface area contributed by atoms with Crippen LogP contribution in [0.1, 0.15) is 59.0 Å². The predicted octanol–water partition coefficient (Wildman–Crippen LogP) is 10.4. The van der Waals surface area contributed by atoms with E-state index in [1.807, 2.05) is 31.2 Å². The van der Waals surface area contributed by atoms with E-state index in [2.05, 4.69) is 48.3 Å². The van der Waals surface area contributed by atoms with Crippen LogP contribution in [0.5, 0.6) is 17.4 Å². The fraction of sp³-hybridized carbons (Fsp3) is 0.268. The van der Waals surface area contributed by atoms with E-state index in [4.69, 9.17) is 9.47 Å². The molecular weight excluding hydrogens is 827 g/mol. The van der Waals surface area contributed by atoms with E-state index in [0.717, 1.165) is 5.56 Å². The number of ether oxygens (including phenoxy) is 2. The van der Waals surface area contributed by atoms with Crippen molar-refractivity contribution in [2.75, 3.05) is 24.7 Å². The summed E-state index contributed by atoms with van der Waals surface area (Å²) in [4.78, 5) is 4.49. The lowest BCUT2D eigenvalue weighted by molar-refractivity contribution is 0.317. The van der Waals surface area contributed by atoms with Crippen molar-refractivity contribution >= 4 is 72.2 Å². The molecule has 3 N–H and O–H groups in total. The molecular formula is C41H43N9O9S2. The summed E-state index contributed by atoms with van der Waals surface area (Å²) in [6, 6.07) is 15.9. The Morgan fingerprint density at radius 1 is 0.787 bits per heavy atom. The fourth-order valence-electron chi connectivity index (χ4n) is 5.82. The first-order valence-electron chi connectivity index (χ1n) is 18.6. The first kappa shape index (κ1) is 45.4. The van der Waals surface area contributed by atoms with Gasteiger partial charge in [-0.3, -0.25) is 13.5 Å². The highest BCUT2D eigenvalue weighted by Crippen LogP contribution is 2.42. The third-order valence-electron chi connectivity index (χ3n) is 8.94. The van der Waals surface area contributed by atoms with Crippen LogP contribution in [0.3, 0.4) is 0 Å². The molecule has 2 heterocycles. The number of imidazole rings is 1. The summed E-state index contributed by atoms with van der Waals surface area (Å²) in [5.41, 5.74) is 5.56. The summed E-state index contributed by atoms with van der Waals surface area (Å²) in [6.07, 6.45) is 4.86. The second kappa shape index (κ2) is 19.6. The maximum absolute atomic E-state index is 11.5. The Hall–Kier alpha value is -6.66. The number of nitriles is 1. The van der Waals surface area contributed by atoms with Crippen LogP contribution < -0.4 is 9.47 Å². The van der Waals surface area contributed by atoms with E-state index in [-0.39, 0.29) is 71.7 Å². The average Bonchev–Trinajstić information content (AvgIpc) is 3.56. The van der Waals surface area contributed by atoms with Gasteiger partial charge in [0.15, 0.2) is 11.3 Å². The Kier molecular flexibility index (Phi) is 14.6. The van der Waals surface area contributed by atoms with Crippen LogP contribution in [0, 0.1) is 39.0 Å². The minimum atomic E-state index is -4.27. The number of hydrogen-bond donors (Lipinski definition) is 3. The van der Waals surface area contributed by atoms with Gasteiger partial charge in [-0.1, -0.05) is 30.4 Å². The molecule has 0 aliphatic rings. The largest absolute Gasteiger partial charge is 0.493 e. The molecule has 0 aliphatic heterocycles. The van der Waals surface area contributed by atoms with Crippen molar-refractivity contribution in [1.29, 1.82) is 5.26 Å². The highest BCUT2D eigenvalue weighted by atomic mass is 32.2. The number of hydrogen-bond acceptors (Lipinski definition) is 15. The number of aromatic hydroxyl groups is 1. The van der Waals surface area contributed by atoms with Crippen molar-refractivity contribution in [2.24, 2.45) is 30.7 Å². The molecule has 0 amide bonds. The van der Waals surface area contributed by atoms with Crippen LogP contribution >= 0.6 is 0 Å². The van der Waals surface area contributed by atoms with E-state index in [1.54, 1.807) is 58.0 Å². The van der Waals surface area contributed by atoms with Crippen molar-refractivity contribution in [2.45, 2.75) is 47.5 Å². The van der Waals surface area contributed by atoms with Crippen molar-refractivity contribution in [3.05, 3.63) is 100 Å². The Balaban J connectivity index is 1.56. The van der Waals surface area contributed by atoms with Crippen LogP contribution in [-0.2, 0) is 20.2 Å². The van der Waals surface area contributed by atoms with Crippen molar-refractivity contribution in [1.82, 2.24) is 9.38 Å². The van der Waals surface area contributed by atoms with Crippen molar-refractivity contribution in [3.8, 4) is 23.4 Å². The smallest absolute Gasteiger partial charge is 0.264 e. The van der Waals surface area contributed by atoms with E-state index < -0.39 is 31.7 Å². The van der Waals surface area contributed by atoms with Crippen molar-refractivity contribution < 1.29 is 40.5 Å². The van der Waals surface area contributed by atoms with E-state index >= 15 is 0 Å². The molecule has 0 radical (unpaired) electrons. The lowest BCUT2D eigenvalue weighted by Gasteiger charge is -2.12. The molecule has 18 nitrogen and oxygen atoms in total. The number of pyridine rings is 1. The number of aromatic nitrogens is 2. The number of nitrogens with zero attached hydrogens (tertiary/aromatic N) is 9. The van der Waals surface area contributed by atoms with E-state index in [9.17, 15) is 36.3 Å². The molecule has 5 rings (SSSR count). The molecule has 61 heavy (non-hydrogen) atoms. The highest BCUT2D eigenvalue weighted by Gasteiger charge is 2.22. The first-order chi connectivity index (χ1) is 28.9. The van der Waals surface area contributed by atoms with E-state index in [0.29, 0.717) is 45.1 Å². The molecule has 0 unspecified atom stereocenters. The third-order valence-corrected chi connectivity index (χ3v) is 10.6. The zero-order valence-electron chi connectivity index (χ0n) is 33.9. The van der Waals surface area contributed by atoms with Crippen molar-refractivity contribution in [3.63, 3.8) is 0 Å². The zero-order valence-corrected chi connectivity index (χ0v) is 35.6. The van der Waals surface area contributed by atoms with Crippen LogP contribution in [0.25, 0.3) is 17.8 Å². The standard InChI is InChI=1S/C41H43N9O9S2/c1-7-11-36-31(8-2)43-40-30(24-42)28(6)39(41(51)50(36)40)49-48-35-21-27(5)33(23-38(35)59-17-10-19-61(55,56)57)46-47-34-20-26(4)32(45-44-29-14-12-25(3)13-15-29)22-37(34)58-16-9-18-60(52,53)54/h7-8,11-15,20-23,51H,2,9-10,16-19H2,1,3-6H3,(H,52,53,54)(H,55,56,57)/b11-7-,45-44?,47-46?,49-48?. The molecule has 318 valence electrons. The summed E-state index contributed by atoms with van der Waals surface area (Å²) in [7, 11) is -8.49. The number of azo groups is 3. The summed E-state index contributed by atoms with van der Waals surface area (Å²) >= 11 is 0. The van der Waals surface area contributed by atoms with Gasteiger partial charge in [0.25, 0.3) is 20.2 Å². The summed E-state index contributed by atoms with van der Waals surface area (Å²) in [5.74, 6) is -1.13. The molecule has 5 aromatic rings. The average molecular weight is 870 g/mol. The molecule has 0 saturated heterocycles. The second-order valence-electron chi connectivity index (χ2n) is 13.7. The Morgan fingerprint density at radius 2 is 1.30 bits per heavy atom. The van der Waals surface area contributed by atoms with Gasteiger partial charge in [-0.15, -0.1) is 15.3 Å². The SMILES string of the molecule is C=Cc1nc2c(C#N)c(C)c(N=Nc3cc(C)c(N=Nc4cc(C)c(N=Nc5ccc(C)cc5)cc4OCCCS(=O)(=O)O)cc3OCCCS(=O)(=O)O)c(O)n2c1/C=C\C. The van der Waals surface area contributed by atoms with Gasteiger partial charge in [-0.25, -0.2) is 4.98 Å². The lowest BCUT2D eigenvalue weighted by atomic mass is 10.1. The normalized spacial score (nSPS) is 12.4. The van der Waals surface area contributed by atoms with Gasteiger partial charge in [-0.2, -0.15) is 37.4 Å². The molecule has 3 aromatic carbocycles. The maximum Gasteiger partial charge on any atom is 0.264 e. The number of allylic oxidation sites excluding steroid dienone is 1. The summed E-state index contributed by atoms with van der Waals surface area (Å²) < 4.78 is 77.2. The molecule has 0 atom stereocenters. The van der Waals surface area contributed by atoms with E-state index in [1.165, 1.54) is 16.5 Å². The minimum absolute atomic E-state index is 0.0188. The molecule has 0 spiro atoms. The fourth-order valence-corrected chi connectivity index (χ4v) is 6.79. The summed E-state index contributed by atoms with van der Waals surface area (Å²) in [5, 5.41) is 47.9. The van der Waals surface area contributed by atoms with Gasteiger partial charge in [-0.05, 0) is 95.0 Å². The summed E-state index contributed by atoms with van der Waals surface area (Å²) in [6.45, 7) is 12.4. The van der Waals surface area contributed by atoms with Crippen LogP contribution in [0.15, 0.2) is 91.9 Å². The van der Waals surface area contributed by atoms with Gasteiger partial charge in [0.1, 0.15) is 34.5 Å². The maximum atomic E-state index is 11.5.